The molecule has 0 saturated heterocycles. The van der Waals surface area contributed by atoms with Gasteiger partial charge in [0.25, 0.3) is 0 Å². The van der Waals surface area contributed by atoms with Crippen LogP contribution in [0.15, 0.2) is 42.5 Å². The van der Waals surface area contributed by atoms with E-state index in [1.165, 1.54) is 13.2 Å². The largest absolute Gasteiger partial charge is 0.496 e. The molecule has 0 aliphatic carbocycles. The Morgan fingerprint density at radius 2 is 2.05 bits per heavy atom. The maximum atomic E-state index is 11.0. The number of ether oxygens (including phenoxy) is 2. The molecule has 0 atom stereocenters. The van der Waals surface area contributed by atoms with Gasteiger partial charge in [0.2, 0.25) is 0 Å². The molecule has 0 heterocycles. The number of halogens is 1. The average Bonchev–Trinajstić information content (AvgIpc) is 2.44. The lowest BCUT2D eigenvalue weighted by molar-refractivity contribution is 0.0693. The standard InChI is InChI=1S/C15H13IO4/c1-19-14-7-10(5-6-13(14)15(17)18)9-20-12-4-2-3-11(16)8-12/h2-8H,9H2,1H3,(H,17,18). The third-order valence-corrected chi connectivity index (χ3v) is 3.37. The molecular formula is C15H13IO4. The van der Waals surface area contributed by atoms with Gasteiger partial charge >= 0.3 is 5.97 Å². The lowest BCUT2D eigenvalue weighted by Gasteiger charge is -2.09. The van der Waals surface area contributed by atoms with Crippen molar-refractivity contribution in [1.82, 2.24) is 0 Å². The van der Waals surface area contributed by atoms with E-state index in [1.807, 2.05) is 24.3 Å². The Labute approximate surface area is 130 Å². The SMILES string of the molecule is COc1cc(COc2cccc(I)c2)ccc1C(=O)O. The Hall–Kier alpha value is -1.76. The fourth-order valence-corrected chi connectivity index (χ4v) is 2.24. The predicted molar refractivity (Wildman–Crippen MR) is 83.4 cm³/mol. The monoisotopic (exact) mass is 384 g/mol. The summed E-state index contributed by atoms with van der Waals surface area (Å²) in [5.74, 6) is 0.103. The van der Waals surface area contributed by atoms with Gasteiger partial charge in [0, 0.05) is 3.57 Å². The van der Waals surface area contributed by atoms with Crippen LogP contribution in [0, 0.1) is 3.57 Å². The Bertz CT molecular complexity index is 625. The molecule has 0 saturated carbocycles. The van der Waals surface area contributed by atoms with E-state index in [0.29, 0.717) is 12.4 Å². The highest BCUT2D eigenvalue weighted by molar-refractivity contribution is 14.1. The third-order valence-electron chi connectivity index (χ3n) is 2.70. The fourth-order valence-electron chi connectivity index (χ4n) is 1.73. The van der Waals surface area contributed by atoms with Crippen LogP contribution in [0.3, 0.4) is 0 Å². The lowest BCUT2D eigenvalue weighted by atomic mass is 10.1. The molecule has 2 aromatic rings. The molecule has 0 amide bonds. The second kappa shape index (κ2) is 6.60. The highest BCUT2D eigenvalue weighted by Gasteiger charge is 2.11. The van der Waals surface area contributed by atoms with Crippen molar-refractivity contribution in [2.75, 3.05) is 7.11 Å². The molecule has 2 rings (SSSR count). The van der Waals surface area contributed by atoms with Gasteiger partial charge in [-0.15, -0.1) is 0 Å². The summed E-state index contributed by atoms with van der Waals surface area (Å²) < 4.78 is 11.8. The highest BCUT2D eigenvalue weighted by atomic mass is 127. The highest BCUT2D eigenvalue weighted by Crippen LogP contribution is 2.22. The smallest absolute Gasteiger partial charge is 0.339 e. The van der Waals surface area contributed by atoms with E-state index in [2.05, 4.69) is 22.6 Å². The molecule has 0 bridgehead atoms. The molecule has 2 aromatic carbocycles. The predicted octanol–water partition coefficient (Wildman–Crippen LogP) is 3.58. The zero-order valence-corrected chi connectivity index (χ0v) is 13.0. The van der Waals surface area contributed by atoms with Crippen LogP contribution in [0.2, 0.25) is 0 Å². The van der Waals surface area contributed by atoms with Crippen LogP contribution in [-0.2, 0) is 6.61 Å². The van der Waals surface area contributed by atoms with Crippen LogP contribution >= 0.6 is 22.6 Å². The van der Waals surface area contributed by atoms with E-state index in [-0.39, 0.29) is 5.56 Å². The summed E-state index contributed by atoms with van der Waals surface area (Å²) in [6, 6.07) is 12.6. The minimum Gasteiger partial charge on any atom is -0.496 e. The van der Waals surface area contributed by atoms with Gasteiger partial charge in [-0.1, -0.05) is 12.1 Å². The Morgan fingerprint density at radius 3 is 2.70 bits per heavy atom. The molecule has 0 spiro atoms. The number of carboxylic acids is 1. The van der Waals surface area contributed by atoms with E-state index in [4.69, 9.17) is 14.6 Å². The van der Waals surface area contributed by atoms with Gasteiger partial charge in [-0.25, -0.2) is 4.79 Å². The minimum absolute atomic E-state index is 0.144. The average molecular weight is 384 g/mol. The summed E-state index contributed by atoms with van der Waals surface area (Å²) in [4.78, 5) is 11.0. The van der Waals surface area contributed by atoms with Gasteiger partial charge in [-0.3, -0.25) is 0 Å². The van der Waals surface area contributed by atoms with Crippen molar-refractivity contribution in [2.45, 2.75) is 6.61 Å². The minimum atomic E-state index is -1.01. The van der Waals surface area contributed by atoms with Crippen LogP contribution in [0.5, 0.6) is 11.5 Å². The zero-order valence-electron chi connectivity index (χ0n) is 10.8. The maximum absolute atomic E-state index is 11.0. The molecule has 104 valence electrons. The van der Waals surface area contributed by atoms with Crippen LogP contribution < -0.4 is 9.47 Å². The van der Waals surface area contributed by atoms with Gasteiger partial charge < -0.3 is 14.6 Å². The number of methoxy groups -OCH3 is 1. The summed E-state index contributed by atoms with van der Waals surface area (Å²) in [7, 11) is 1.45. The molecule has 0 aromatic heterocycles. The van der Waals surface area contributed by atoms with Crippen molar-refractivity contribution in [3.63, 3.8) is 0 Å². The quantitative estimate of drug-likeness (QED) is 0.801. The number of carboxylic acid groups (broad SMARTS) is 1. The van der Waals surface area contributed by atoms with E-state index in [1.54, 1.807) is 12.1 Å². The van der Waals surface area contributed by atoms with E-state index < -0.39 is 5.97 Å². The molecule has 0 unspecified atom stereocenters. The number of carbonyl (C=O) groups is 1. The fraction of sp³-hybridized carbons (Fsp3) is 0.133. The lowest BCUT2D eigenvalue weighted by Crippen LogP contribution is -2.02. The van der Waals surface area contributed by atoms with Gasteiger partial charge in [0.05, 0.1) is 7.11 Å². The Balaban J connectivity index is 2.12. The van der Waals surface area contributed by atoms with Gasteiger partial charge in [0.15, 0.2) is 0 Å². The summed E-state index contributed by atoms with van der Waals surface area (Å²) in [6.07, 6.45) is 0. The molecule has 4 nitrogen and oxygen atoms in total. The van der Waals surface area contributed by atoms with Crippen LogP contribution in [-0.4, -0.2) is 18.2 Å². The maximum Gasteiger partial charge on any atom is 0.339 e. The Kier molecular flexibility index (Phi) is 4.84. The third kappa shape index (κ3) is 3.63. The van der Waals surface area contributed by atoms with E-state index in [9.17, 15) is 4.79 Å². The van der Waals surface area contributed by atoms with Crippen molar-refractivity contribution in [3.8, 4) is 11.5 Å². The van der Waals surface area contributed by atoms with Crippen molar-refractivity contribution in [3.05, 3.63) is 57.2 Å². The molecule has 5 heteroatoms. The van der Waals surface area contributed by atoms with E-state index >= 15 is 0 Å². The van der Waals surface area contributed by atoms with Crippen molar-refractivity contribution < 1.29 is 19.4 Å². The molecule has 20 heavy (non-hydrogen) atoms. The summed E-state index contributed by atoms with van der Waals surface area (Å²) in [5.41, 5.74) is 0.997. The molecule has 0 radical (unpaired) electrons. The normalized spacial score (nSPS) is 10.1. The summed E-state index contributed by atoms with van der Waals surface area (Å²) >= 11 is 2.22. The number of aromatic carboxylic acids is 1. The molecule has 1 N–H and O–H groups in total. The summed E-state index contributed by atoms with van der Waals surface area (Å²) in [5, 5.41) is 9.01. The van der Waals surface area contributed by atoms with Crippen molar-refractivity contribution in [2.24, 2.45) is 0 Å². The van der Waals surface area contributed by atoms with Crippen LogP contribution in [0.4, 0.5) is 0 Å². The molecule has 0 aliphatic heterocycles. The first-order valence-corrected chi connectivity index (χ1v) is 6.96. The first-order valence-electron chi connectivity index (χ1n) is 5.88. The van der Waals surface area contributed by atoms with E-state index in [0.717, 1.165) is 14.9 Å². The summed E-state index contributed by atoms with van der Waals surface area (Å²) in [6.45, 7) is 0.357. The molecule has 0 fully saturated rings. The second-order valence-electron chi connectivity index (χ2n) is 4.09. The number of benzene rings is 2. The molecular weight excluding hydrogens is 371 g/mol. The number of rotatable bonds is 5. The zero-order chi connectivity index (χ0) is 14.5. The van der Waals surface area contributed by atoms with Gasteiger partial charge in [0.1, 0.15) is 23.7 Å². The number of hydrogen-bond acceptors (Lipinski definition) is 3. The Morgan fingerprint density at radius 1 is 1.25 bits per heavy atom. The first-order chi connectivity index (χ1) is 9.60. The van der Waals surface area contributed by atoms with Crippen molar-refractivity contribution in [1.29, 1.82) is 0 Å². The van der Waals surface area contributed by atoms with Gasteiger partial charge in [-0.2, -0.15) is 0 Å². The van der Waals surface area contributed by atoms with Gasteiger partial charge in [-0.05, 0) is 58.5 Å². The number of hydrogen-bond donors (Lipinski definition) is 1. The second-order valence-corrected chi connectivity index (χ2v) is 5.33. The first kappa shape index (κ1) is 14.6. The topological polar surface area (TPSA) is 55.8 Å². The van der Waals surface area contributed by atoms with Crippen LogP contribution in [0.1, 0.15) is 15.9 Å². The van der Waals surface area contributed by atoms with Crippen LogP contribution in [0.25, 0.3) is 0 Å². The molecule has 0 aliphatic rings. The van der Waals surface area contributed by atoms with Crippen molar-refractivity contribution >= 4 is 28.6 Å².